The maximum Gasteiger partial charge on any atom is 0.251 e. The Labute approximate surface area is 127 Å². The number of nitrogens with one attached hydrogen (secondary N) is 1. The Bertz CT molecular complexity index is 520. The lowest BCUT2D eigenvalue weighted by Crippen LogP contribution is -2.36. The Hall–Kier alpha value is -1.70. The summed E-state index contributed by atoms with van der Waals surface area (Å²) in [4.78, 5) is 17.2. The summed E-state index contributed by atoms with van der Waals surface area (Å²) in [5.41, 5.74) is 2.39. The van der Waals surface area contributed by atoms with Gasteiger partial charge in [-0.25, -0.2) is 5.48 Å². The molecule has 0 aliphatic heterocycles. The van der Waals surface area contributed by atoms with Crippen molar-refractivity contribution in [2.24, 2.45) is 0 Å². The first-order valence-electron chi connectivity index (χ1n) is 7.00. The highest BCUT2D eigenvalue weighted by Gasteiger charge is 2.29. The second-order valence-electron chi connectivity index (χ2n) is 4.64. The molecule has 0 saturated heterocycles. The third-order valence-corrected chi connectivity index (χ3v) is 6.20. The summed E-state index contributed by atoms with van der Waals surface area (Å²) in [6.07, 6.45) is 0.769. The molecule has 1 N–H and O–H groups in total. The van der Waals surface area contributed by atoms with Crippen LogP contribution in [0.15, 0.2) is 60.7 Å². The molecule has 0 saturated carbocycles. The molecule has 0 aliphatic rings. The van der Waals surface area contributed by atoms with E-state index in [0.717, 1.165) is 6.42 Å². The molecule has 0 spiro atoms. The van der Waals surface area contributed by atoms with Crippen LogP contribution in [0.1, 0.15) is 13.3 Å². The van der Waals surface area contributed by atoms with E-state index >= 15 is 0 Å². The number of hydrogen-bond acceptors (Lipinski definition) is 2. The van der Waals surface area contributed by atoms with E-state index in [1.54, 1.807) is 0 Å². The van der Waals surface area contributed by atoms with Gasteiger partial charge >= 0.3 is 0 Å². The first-order chi connectivity index (χ1) is 10.3. The number of carbonyl (C=O) groups excluding carboxylic acids is 1. The number of rotatable bonds is 6. The minimum Gasteiger partial charge on any atom is -0.277 e. The molecule has 110 valence electrons. The molecule has 0 aromatic heterocycles. The number of amides is 1. The van der Waals surface area contributed by atoms with Crippen molar-refractivity contribution in [3.63, 3.8) is 0 Å². The lowest BCUT2D eigenvalue weighted by atomic mass is 10.3. The van der Waals surface area contributed by atoms with E-state index in [1.165, 1.54) is 17.7 Å². The van der Waals surface area contributed by atoms with Crippen molar-refractivity contribution in [3.05, 3.63) is 60.7 Å². The predicted octanol–water partition coefficient (Wildman–Crippen LogP) is 2.58. The third-order valence-electron chi connectivity index (χ3n) is 3.27. The Morgan fingerprint density at radius 3 is 1.90 bits per heavy atom. The topological polar surface area (TPSA) is 38.3 Å². The highest BCUT2D eigenvalue weighted by Crippen LogP contribution is 2.41. The Kier molecular flexibility index (Phi) is 5.91. The fourth-order valence-corrected chi connectivity index (χ4v) is 5.00. The summed E-state index contributed by atoms with van der Waals surface area (Å²) in [7, 11) is 0.713. The van der Waals surface area contributed by atoms with Crippen molar-refractivity contribution >= 4 is 24.4 Å². The van der Waals surface area contributed by atoms with Gasteiger partial charge in [-0.05, 0) is 25.0 Å². The van der Waals surface area contributed by atoms with Gasteiger partial charge in [-0.2, -0.15) is 0 Å². The monoisotopic (exact) mass is 301 g/mol. The van der Waals surface area contributed by atoms with Crippen LogP contribution >= 0.6 is 7.92 Å². The second kappa shape index (κ2) is 7.92. The first kappa shape index (κ1) is 15.7. The molecule has 0 aliphatic carbocycles. The predicted molar refractivity (Wildman–Crippen MR) is 88.3 cm³/mol. The van der Waals surface area contributed by atoms with Crippen molar-refractivity contribution in [3.8, 4) is 0 Å². The molecule has 2 aromatic carbocycles. The van der Waals surface area contributed by atoms with Gasteiger partial charge in [-0.1, -0.05) is 67.6 Å². The number of hydroxylamine groups is 1. The lowest BCUT2D eigenvalue weighted by Gasteiger charge is -2.26. The van der Waals surface area contributed by atoms with E-state index in [2.05, 4.69) is 29.7 Å². The van der Waals surface area contributed by atoms with Gasteiger partial charge in [0.05, 0.1) is 12.8 Å². The maximum atomic E-state index is 12.3. The van der Waals surface area contributed by atoms with Crippen LogP contribution in [0, 0.1) is 0 Å². The number of benzene rings is 2. The standard InChI is InChI=1S/C17H20NO2P/c1-3-16(17(19)18-20-2)21(14-10-6-4-7-11-14)15-12-8-5-9-13-15/h4-13,16H,3H2,1-2H3,(H,18,19). The van der Waals surface area contributed by atoms with Crippen LogP contribution in [0.25, 0.3) is 0 Å². The molecule has 21 heavy (non-hydrogen) atoms. The van der Waals surface area contributed by atoms with E-state index in [-0.39, 0.29) is 11.6 Å². The van der Waals surface area contributed by atoms with E-state index in [9.17, 15) is 4.79 Å². The third kappa shape index (κ3) is 3.90. The zero-order valence-corrected chi connectivity index (χ0v) is 13.2. The normalized spacial score (nSPS) is 12.1. The van der Waals surface area contributed by atoms with Gasteiger partial charge < -0.3 is 0 Å². The van der Waals surface area contributed by atoms with Gasteiger partial charge in [0.1, 0.15) is 0 Å². The molecular formula is C17H20NO2P. The van der Waals surface area contributed by atoms with Crippen molar-refractivity contribution in [1.29, 1.82) is 0 Å². The molecule has 1 atom stereocenters. The summed E-state index contributed by atoms with van der Waals surface area (Å²) in [6.45, 7) is 2.04. The van der Waals surface area contributed by atoms with Gasteiger partial charge in [0.25, 0.3) is 5.91 Å². The quantitative estimate of drug-likeness (QED) is 0.658. The van der Waals surface area contributed by atoms with Crippen molar-refractivity contribution in [1.82, 2.24) is 5.48 Å². The highest BCUT2D eigenvalue weighted by molar-refractivity contribution is 7.74. The van der Waals surface area contributed by atoms with Crippen LogP contribution in [-0.2, 0) is 9.63 Å². The van der Waals surface area contributed by atoms with E-state index in [0.29, 0.717) is 0 Å². The Morgan fingerprint density at radius 1 is 1.05 bits per heavy atom. The number of hydrogen-bond donors (Lipinski definition) is 1. The summed E-state index contributed by atoms with van der Waals surface area (Å²) in [5.74, 6) is -0.0567. The summed E-state index contributed by atoms with van der Waals surface area (Å²) < 4.78 is 0. The van der Waals surface area contributed by atoms with E-state index < -0.39 is 7.92 Å². The fourth-order valence-electron chi connectivity index (χ4n) is 2.34. The molecule has 1 unspecified atom stereocenters. The minimum atomic E-state index is -0.757. The van der Waals surface area contributed by atoms with Crippen molar-refractivity contribution in [2.45, 2.75) is 19.0 Å². The maximum absolute atomic E-state index is 12.3. The van der Waals surface area contributed by atoms with Gasteiger partial charge in [0, 0.05) is 0 Å². The van der Waals surface area contributed by atoms with Gasteiger partial charge in [0.2, 0.25) is 0 Å². The molecule has 2 rings (SSSR count). The van der Waals surface area contributed by atoms with Crippen LogP contribution < -0.4 is 16.1 Å². The van der Waals surface area contributed by atoms with E-state index in [1.807, 2.05) is 43.3 Å². The SMILES string of the molecule is CCC(C(=O)NOC)P(c1ccccc1)c1ccccc1. The van der Waals surface area contributed by atoms with Crippen LogP contribution in [0.4, 0.5) is 0 Å². The number of carbonyl (C=O) groups is 1. The Balaban J connectivity index is 2.43. The molecule has 1 amide bonds. The zero-order valence-electron chi connectivity index (χ0n) is 12.3. The average Bonchev–Trinajstić information content (AvgIpc) is 2.54. The second-order valence-corrected chi connectivity index (χ2v) is 7.03. The van der Waals surface area contributed by atoms with Crippen LogP contribution in [0.5, 0.6) is 0 Å². The minimum absolute atomic E-state index is 0.0567. The molecule has 0 heterocycles. The lowest BCUT2D eigenvalue weighted by molar-refractivity contribution is -0.130. The summed E-state index contributed by atoms with van der Waals surface area (Å²) in [6, 6.07) is 20.5. The van der Waals surface area contributed by atoms with Crippen molar-refractivity contribution in [2.75, 3.05) is 7.11 Å². The molecule has 0 bridgehead atoms. The molecular weight excluding hydrogens is 281 g/mol. The summed E-state index contributed by atoms with van der Waals surface area (Å²) >= 11 is 0. The van der Waals surface area contributed by atoms with Crippen LogP contribution in [-0.4, -0.2) is 18.7 Å². The molecule has 0 fully saturated rings. The Morgan fingerprint density at radius 2 is 1.52 bits per heavy atom. The van der Waals surface area contributed by atoms with Gasteiger partial charge in [-0.15, -0.1) is 0 Å². The van der Waals surface area contributed by atoms with Crippen molar-refractivity contribution < 1.29 is 9.63 Å². The fraction of sp³-hybridized carbons (Fsp3) is 0.235. The first-order valence-corrected chi connectivity index (χ1v) is 8.41. The van der Waals surface area contributed by atoms with Gasteiger partial charge in [0.15, 0.2) is 0 Å². The highest BCUT2D eigenvalue weighted by atomic mass is 31.1. The molecule has 3 nitrogen and oxygen atoms in total. The molecule has 2 aromatic rings. The largest absolute Gasteiger partial charge is 0.277 e. The van der Waals surface area contributed by atoms with Gasteiger partial charge in [-0.3, -0.25) is 9.63 Å². The van der Waals surface area contributed by atoms with Crippen LogP contribution in [0.2, 0.25) is 0 Å². The van der Waals surface area contributed by atoms with Crippen LogP contribution in [0.3, 0.4) is 0 Å². The summed E-state index contributed by atoms with van der Waals surface area (Å²) in [5, 5.41) is 2.41. The average molecular weight is 301 g/mol. The zero-order chi connectivity index (χ0) is 15.1. The smallest absolute Gasteiger partial charge is 0.251 e. The molecule has 4 heteroatoms. The van der Waals surface area contributed by atoms with E-state index in [4.69, 9.17) is 4.84 Å². The molecule has 0 radical (unpaired) electrons.